The van der Waals surface area contributed by atoms with E-state index < -0.39 is 17.7 Å². The lowest BCUT2D eigenvalue weighted by Crippen LogP contribution is -2.28. The highest BCUT2D eigenvalue weighted by Crippen LogP contribution is 2.43. The van der Waals surface area contributed by atoms with E-state index in [4.69, 9.17) is 4.74 Å². The van der Waals surface area contributed by atoms with Gasteiger partial charge in [0.05, 0.1) is 5.60 Å². The van der Waals surface area contributed by atoms with E-state index in [9.17, 15) is 9.90 Å². The fourth-order valence-corrected chi connectivity index (χ4v) is 4.76. The second-order valence-electron chi connectivity index (χ2n) is 7.77. The van der Waals surface area contributed by atoms with Crippen LogP contribution in [-0.4, -0.2) is 16.7 Å². The Morgan fingerprint density at radius 1 is 1.19 bits per heavy atom. The SMILES string of the molecule is Cc1sc(C)c(C(OC(C)(C)C)C(=O)O)c1C1=CCCc2ccccc21. The Hall–Kier alpha value is -1.91. The van der Waals surface area contributed by atoms with Gasteiger partial charge in [-0.25, -0.2) is 4.79 Å². The smallest absolute Gasteiger partial charge is 0.337 e. The van der Waals surface area contributed by atoms with E-state index in [0.29, 0.717) is 0 Å². The van der Waals surface area contributed by atoms with Gasteiger partial charge in [-0.15, -0.1) is 11.3 Å². The van der Waals surface area contributed by atoms with E-state index >= 15 is 0 Å². The summed E-state index contributed by atoms with van der Waals surface area (Å²) in [6, 6.07) is 8.41. The fraction of sp³-hybridized carbons (Fsp3) is 0.409. The molecule has 1 unspecified atom stereocenters. The molecule has 0 spiro atoms. The number of aliphatic carboxylic acids is 1. The van der Waals surface area contributed by atoms with Gasteiger partial charge in [0.25, 0.3) is 0 Å². The molecule has 1 N–H and O–H groups in total. The van der Waals surface area contributed by atoms with Gasteiger partial charge in [0.1, 0.15) is 0 Å². The Morgan fingerprint density at radius 2 is 1.88 bits per heavy atom. The molecule has 1 atom stereocenters. The molecular formula is C22H26O3S. The first-order valence-electron chi connectivity index (χ1n) is 8.98. The molecule has 0 aliphatic heterocycles. The maximum absolute atomic E-state index is 12.1. The second kappa shape index (κ2) is 7.01. The first kappa shape index (κ1) is 18.9. The molecule has 1 heterocycles. The van der Waals surface area contributed by atoms with Crippen molar-refractivity contribution in [2.75, 3.05) is 0 Å². The maximum Gasteiger partial charge on any atom is 0.337 e. The molecule has 1 aliphatic rings. The van der Waals surface area contributed by atoms with Gasteiger partial charge in [0, 0.05) is 20.9 Å². The molecule has 138 valence electrons. The van der Waals surface area contributed by atoms with Crippen LogP contribution in [0.4, 0.5) is 0 Å². The number of benzene rings is 1. The number of thiophene rings is 1. The lowest BCUT2D eigenvalue weighted by molar-refractivity contribution is -0.160. The van der Waals surface area contributed by atoms with E-state index in [1.807, 2.05) is 33.8 Å². The van der Waals surface area contributed by atoms with E-state index in [-0.39, 0.29) is 0 Å². The predicted octanol–water partition coefficient (Wildman–Crippen LogP) is 5.68. The number of hydrogen-bond donors (Lipinski definition) is 1. The summed E-state index contributed by atoms with van der Waals surface area (Å²) in [5.41, 5.74) is 4.98. The van der Waals surface area contributed by atoms with Gasteiger partial charge < -0.3 is 9.84 Å². The van der Waals surface area contributed by atoms with Gasteiger partial charge in [-0.3, -0.25) is 0 Å². The zero-order valence-electron chi connectivity index (χ0n) is 16.1. The summed E-state index contributed by atoms with van der Waals surface area (Å²) in [6.07, 6.45) is 3.27. The summed E-state index contributed by atoms with van der Waals surface area (Å²) >= 11 is 1.65. The van der Waals surface area contributed by atoms with Crippen LogP contribution >= 0.6 is 11.3 Å². The van der Waals surface area contributed by atoms with E-state index in [0.717, 1.165) is 39.3 Å². The molecule has 2 aromatic rings. The van der Waals surface area contributed by atoms with Gasteiger partial charge in [-0.05, 0) is 64.2 Å². The first-order valence-corrected chi connectivity index (χ1v) is 9.80. The molecule has 3 rings (SSSR count). The average molecular weight is 371 g/mol. The fourth-order valence-electron chi connectivity index (χ4n) is 3.66. The zero-order valence-corrected chi connectivity index (χ0v) is 16.9. The molecule has 26 heavy (non-hydrogen) atoms. The normalized spacial score (nSPS) is 15.3. The summed E-state index contributed by atoms with van der Waals surface area (Å²) in [6.45, 7) is 9.75. The van der Waals surface area contributed by atoms with Crippen molar-refractivity contribution < 1.29 is 14.6 Å². The molecule has 0 amide bonds. The number of allylic oxidation sites excluding steroid dienone is 1. The molecule has 0 radical (unpaired) electrons. The minimum atomic E-state index is -0.968. The Balaban J connectivity index is 2.18. The Labute approximate surface area is 159 Å². The average Bonchev–Trinajstić information content (AvgIpc) is 2.85. The molecule has 0 bridgehead atoms. The number of aryl methyl sites for hydroxylation is 3. The van der Waals surface area contributed by atoms with Gasteiger partial charge in [0.2, 0.25) is 0 Å². The van der Waals surface area contributed by atoms with Crippen molar-refractivity contribution >= 4 is 22.9 Å². The molecule has 4 heteroatoms. The van der Waals surface area contributed by atoms with Gasteiger partial charge in [-0.2, -0.15) is 0 Å². The van der Waals surface area contributed by atoms with Crippen molar-refractivity contribution in [3.05, 3.63) is 62.3 Å². The number of ether oxygens (including phenoxy) is 1. The third-order valence-corrected chi connectivity index (χ3v) is 5.64. The largest absolute Gasteiger partial charge is 0.479 e. The molecule has 0 fully saturated rings. The first-order chi connectivity index (χ1) is 12.2. The van der Waals surface area contributed by atoms with E-state index in [2.05, 4.69) is 31.2 Å². The van der Waals surface area contributed by atoms with Crippen LogP contribution < -0.4 is 0 Å². The summed E-state index contributed by atoms with van der Waals surface area (Å²) in [4.78, 5) is 14.2. The molecule has 1 aliphatic carbocycles. The standard InChI is InChI=1S/C22H26O3S/c1-13-18(17-12-8-10-15-9-6-7-11-16(15)17)19(14(2)26-13)20(21(23)24)25-22(3,4)5/h6-7,9,11-12,20H,8,10H2,1-5H3,(H,23,24). The van der Waals surface area contributed by atoms with Crippen LogP contribution in [0, 0.1) is 13.8 Å². The highest BCUT2D eigenvalue weighted by atomic mass is 32.1. The van der Waals surface area contributed by atoms with Crippen LogP contribution in [-0.2, 0) is 16.0 Å². The van der Waals surface area contributed by atoms with Crippen LogP contribution in [0.3, 0.4) is 0 Å². The summed E-state index contributed by atoms with van der Waals surface area (Å²) < 4.78 is 5.98. The number of carboxylic acids is 1. The second-order valence-corrected chi connectivity index (χ2v) is 9.19. The Morgan fingerprint density at radius 3 is 2.54 bits per heavy atom. The van der Waals surface area contributed by atoms with Gasteiger partial charge >= 0.3 is 5.97 Å². The lowest BCUT2D eigenvalue weighted by Gasteiger charge is -2.27. The predicted molar refractivity (Wildman–Crippen MR) is 107 cm³/mol. The van der Waals surface area contributed by atoms with Crippen molar-refractivity contribution in [3.63, 3.8) is 0 Å². The van der Waals surface area contributed by atoms with E-state index in [1.54, 1.807) is 11.3 Å². The Bertz CT molecular complexity index is 868. The highest BCUT2D eigenvalue weighted by molar-refractivity contribution is 7.12. The zero-order chi connectivity index (χ0) is 19.1. The maximum atomic E-state index is 12.1. The minimum absolute atomic E-state index is 0.540. The van der Waals surface area contributed by atoms with Crippen LogP contribution in [0.1, 0.15) is 65.3 Å². The van der Waals surface area contributed by atoms with Crippen molar-refractivity contribution in [2.24, 2.45) is 0 Å². The van der Waals surface area contributed by atoms with Gasteiger partial charge in [0.15, 0.2) is 6.10 Å². The van der Waals surface area contributed by atoms with Gasteiger partial charge in [-0.1, -0.05) is 30.3 Å². The number of fused-ring (bicyclic) bond motifs is 1. The molecule has 0 saturated carbocycles. The Kier molecular flexibility index (Phi) is 5.09. The molecule has 1 aromatic heterocycles. The van der Waals surface area contributed by atoms with Crippen LogP contribution in [0.5, 0.6) is 0 Å². The minimum Gasteiger partial charge on any atom is -0.479 e. The lowest BCUT2D eigenvalue weighted by atomic mass is 9.84. The van der Waals surface area contributed by atoms with Crippen molar-refractivity contribution in [2.45, 2.75) is 59.2 Å². The highest BCUT2D eigenvalue weighted by Gasteiger charge is 2.33. The quantitative estimate of drug-likeness (QED) is 0.753. The summed E-state index contributed by atoms with van der Waals surface area (Å²) in [7, 11) is 0. The van der Waals surface area contributed by atoms with E-state index in [1.165, 1.54) is 11.1 Å². The third-order valence-electron chi connectivity index (χ3n) is 4.60. The van der Waals surface area contributed by atoms with Crippen molar-refractivity contribution in [1.29, 1.82) is 0 Å². The van der Waals surface area contributed by atoms with Crippen LogP contribution in [0.15, 0.2) is 30.3 Å². The molecule has 3 nitrogen and oxygen atoms in total. The monoisotopic (exact) mass is 370 g/mol. The molecule has 0 saturated heterocycles. The van der Waals surface area contributed by atoms with Crippen molar-refractivity contribution in [1.82, 2.24) is 0 Å². The number of carbonyl (C=O) groups is 1. The van der Waals surface area contributed by atoms with Crippen LogP contribution in [0.25, 0.3) is 5.57 Å². The number of hydrogen-bond acceptors (Lipinski definition) is 3. The molecule has 1 aromatic carbocycles. The number of rotatable bonds is 4. The van der Waals surface area contributed by atoms with Crippen LogP contribution in [0.2, 0.25) is 0 Å². The summed E-state index contributed by atoms with van der Waals surface area (Å²) in [5, 5.41) is 9.90. The van der Waals surface area contributed by atoms with Crippen molar-refractivity contribution in [3.8, 4) is 0 Å². The topological polar surface area (TPSA) is 46.5 Å². The molecular weight excluding hydrogens is 344 g/mol. The summed E-state index contributed by atoms with van der Waals surface area (Å²) in [5.74, 6) is -0.938. The number of carboxylic acid groups (broad SMARTS) is 1. The third kappa shape index (κ3) is 3.62.